The highest BCUT2D eigenvalue weighted by atomic mass is 19.1. The van der Waals surface area contributed by atoms with Crippen LogP contribution in [0.2, 0.25) is 0 Å². The number of carbonyl (C=O) groups excluding carboxylic acids is 1. The standard InChI is InChI=1S/C14H15FN4O2/c15-11-5-12(7-20)19(6-11)14(21)10-3-1-2-9(4-10)13-16-8-17-18-13/h1-4,8,11-12,20H,5-7H2,(H,16,17,18)/t11-,12-/m0/s1. The molecule has 1 amide bonds. The number of carbonyl (C=O) groups is 1. The molecule has 0 unspecified atom stereocenters. The maximum Gasteiger partial charge on any atom is 0.254 e. The molecule has 1 fully saturated rings. The molecule has 0 bridgehead atoms. The second-order valence-electron chi connectivity index (χ2n) is 5.04. The number of halogens is 1. The molecule has 2 atom stereocenters. The van der Waals surface area contributed by atoms with E-state index in [0.29, 0.717) is 11.4 Å². The predicted molar refractivity (Wildman–Crippen MR) is 73.2 cm³/mol. The fourth-order valence-corrected chi connectivity index (χ4v) is 2.59. The predicted octanol–water partition coefficient (Wildman–Crippen LogP) is 1.02. The Hall–Kier alpha value is -2.28. The highest BCUT2D eigenvalue weighted by Gasteiger charge is 2.35. The first-order valence-corrected chi connectivity index (χ1v) is 6.70. The molecule has 1 aliphatic rings. The van der Waals surface area contributed by atoms with Crippen molar-refractivity contribution < 1.29 is 14.3 Å². The van der Waals surface area contributed by atoms with Gasteiger partial charge in [0, 0.05) is 17.5 Å². The molecule has 0 aliphatic carbocycles. The molecule has 0 saturated carbocycles. The molecular weight excluding hydrogens is 275 g/mol. The van der Waals surface area contributed by atoms with Gasteiger partial charge in [0.15, 0.2) is 5.82 Å². The Kier molecular flexibility index (Phi) is 3.66. The van der Waals surface area contributed by atoms with E-state index < -0.39 is 12.2 Å². The molecule has 21 heavy (non-hydrogen) atoms. The van der Waals surface area contributed by atoms with E-state index >= 15 is 0 Å². The average Bonchev–Trinajstić information content (AvgIpc) is 3.15. The topological polar surface area (TPSA) is 82.1 Å². The van der Waals surface area contributed by atoms with Crippen molar-refractivity contribution in [1.82, 2.24) is 20.1 Å². The summed E-state index contributed by atoms with van der Waals surface area (Å²) in [6.45, 7) is -0.204. The molecule has 1 aromatic carbocycles. The Morgan fingerprint density at radius 1 is 1.52 bits per heavy atom. The Morgan fingerprint density at radius 2 is 2.38 bits per heavy atom. The number of rotatable bonds is 3. The Labute approximate surface area is 120 Å². The van der Waals surface area contributed by atoms with E-state index in [2.05, 4.69) is 15.2 Å². The molecule has 1 saturated heterocycles. The third kappa shape index (κ3) is 2.64. The van der Waals surface area contributed by atoms with Crippen LogP contribution in [-0.2, 0) is 0 Å². The van der Waals surface area contributed by atoms with Crippen LogP contribution in [0.4, 0.5) is 4.39 Å². The number of amides is 1. The molecule has 3 rings (SSSR count). The van der Waals surface area contributed by atoms with Crippen molar-refractivity contribution in [2.24, 2.45) is 0 Å². The number of H-pyrrole nitrogens is 1. The number of nitrogens with zero attached hydrogens (tertiary/aromatic N) is 3. The van der Waals surface area contributed by atoms with Gasteiger partial charge in [-0.15, -0.1) is 0 Å². The Bertz CT molecular complexity index is 632. The fraction of sp³-hybridized carbons (Fsp3) is 0.357. The molecule has 7 heteroatoms. The molecule has 2 aromatic rings. The normalized spacial score (nSPS) is 21.7. The molecule has 1 aromatic heterocycles. The maximum atomic E-state index is 13.5. The fourth-order valence-electron chi connectivity index (χ4n) is 2.59. The first-order valence-electron chi connectivity index (χ1n) is 6.70. The van der Waals surface area contributed by atoms with Gasteiger partial charge in [0.05, 0.1) is 19.2 Å². The number of aliphatic hydroxyl groups is 1. The third-order valence-electron chi connectivity index (χ3n) is 3.63. The van der Waals surface area contributed by atoms with Gasteiger partial charge in [0.2, 0.25) is 0 Å². The van der Waals surface area contributed by atoms with Crippen molar-refractivity contribution in [1.29, 1.82) is 0 Å². The molecule has 110 valence electrons. The van der Waals surface area contributed by atoms with Gasteiger partial charge < -0.3 is 10.0 Å². The summed E-state index contributed by atoms with van der Waals surface area (Å²) >= 11 is 0. The molecule has 0 radical (unpaired) electrons. The van der Waals surface area contributed by atoms with E-state index in [-0.39, 0.29) is 25.5 Å². The summed E-state index contributed by atoms with van der Waals surface area (Å²) < 4.78 is 13.5. The van der Waals surface area contributed by atoms with Crippen molar-refractivity contribution in [2.75, 3.05) is 13.2 Å². The summed E-state index contributed by atoms with van der Waals surface area (Å²) in [7, 11) is 0. The number of likely N-dealkylation sites (tertiary alicyclic amines) is 1. The van der Waals surface area contributed by atoms with Crippen LogP contribution in [0.3, 0.4) is 0 Å². The van der Waals surface area contributed by atoms with E-state index in [9.17, 15) is 14.3 Å². The third-order valence-corrected chi connectivity index (χ3v) is 3.63. The van der Waals surface area contributed by atoms with E-state index in [1.54, 1.807) is 18.2 Å². The van der Waals surface area contributed by atoms with Crippen molar-refractivity contribution in [2.45, 2.75) is 18.6 Å². The van der Waals surface area contributed by atoms with Crippen LogP contribution < -0.4 is 0 Å². The lowest BCUT2D eigenvalue weighted by molar-refractivity contribution is 0.0673. The number of nitrogens with one attached hydrogen (secondary N) is 1. The van der Waals surface area contributed by atoms with Gasteiger partial charge in [-0.3, -0.25) is 9.89 Å². The lowest BCUT2D eigenvalue weighted by Gasteiger charge is -2.22. The van der Waals surface area contributed by atoms with Crippen LogP contribution >= 0.6 is 0 Å². The summed E-state index contributed by atoms with van der Waals surface area (Å²) in [6, 6.07) is 6.44. The van der Waals surface area contributed by atoms with Gasteiger partial charge in [0.1, 0.15) is 12.5 Å². The van der Waals surface area contributed by atoms with Crippen LogP contribution in [0, 0.1) is 0 Å². The number of aromatic nitrogens is 3. The largest absolute Gasteiger partial charge is 0.394 e. The molecule has 0 spiro atoms. The van der Waals surface area contributed by atoms with E-state index in [1.165, 1.54) is 11.2 Å². The number of aliphatic hydroxyl groups excluding tert-OH is 1. The van der Waals surface area contributed by atoms with Crippen LogP contribution in [0.5, 0.6) is 0 Å². The van der Waals surface area contributed by atoms with Crippen molar-refractivity contribution >= 4 is 5.91 Å². The second-order valence-corrected chi connectivity index (χ2v) is 5.04. The van der Waals surface area contributed by atoms with Gasteiger partial charge in [-0.2, -0.15) is 5.10 Å². The van der Waals surface area contributed by atoms with Gasteiger partial charge in [-0.25, -0.2) is 9.37 Å². The quantitative estimate of drug-likeness (QED) is 0.884. The lowest BCUT2D eigenvalue weighted by atomic mass is 10.1. The van der Waals surface area contributed by atoms with Gasteiger partial charge in [-0.05, 0) is 12.1 Å². The molecule has 6 nitrogen and oxygen atoms in total. The van der Waals surface area contributed by atoms with Crippen molar-refractivity contribution in [3.05, 3.63) is 36.2 Å². The zero-order valence-corrected chi connectivity index (χ0v) is 11.2. The summed E-state index contributed by atoms with van der Waals surface area (Å²) in [6.07, 6.45) is 0.493. The molecular formula is C14H15FN4O2. The average molecular weight is 290 g/mol. The minimum atomic E-state index is -1.08. The number of benzene rings is 1. The maximum absolute atomic E-state index is 13.5. The van der Waals surface area contributed by atoms with Crippen molar-refractivity contribution in [3.63, 3.8) is 0 Å². The zero-order chi connectivity index (χ0) is 14.8. The first kappa shape index (κ1) is 13.7. The number of aromatic amines is 1. The smallest absolute Gasteiger partial charge is 0.254 e. The summed E-state index contributed by atoms with van der Waals surface area (Å²) in [5.74, 6) is 0.281. The van der Waals surface area contributed by atoms with Gasteiger partial charge >= 0.3 is 0 Å². The summed E-state index contributed by atoms with van der Waals surface area (Å²) in [5, 5.41) is 15.8. The lowest BCUT2D eigenvalue weighted by Crippen LogP contribution is -2.37. The molecule has 2 heterocycles. The van der Waals surface area contributed by atoms with E-state index in [0.717, 1.165) is 5.56 Å². The molecule has 1 aliphatic heterocycles. The second kappa shape index (κ2) is 5.61. The minimum absolute atomic E-state index is 0.0244. The highest BCUT2D eigenvalue weighted by Crippen LogP contribution is 2.24. The SMILES string of the molecule is O=C(c1cccc(-c2ncn[nH]2)c1)N1C[C@@H](F)C[C@H]1CO. The van der Waals surface area contributed by atoms with E-state index in [1.807, 2.05) is 6.07 Å². The van der Waals surface area contributed by atoms with Crippen LogP contribution in [0.15, 0.2) is 30.6 Å². The monoisotopic (exact) mass is 290 g/mol. The number of hydrogen-bond donors (Lipinski definition) is 2. The van der Waals surface area contributed by atoms with Crippen LogP contribution in [-0.4, -0.2) is 56.5 Å². The van der Waals surface area contributed by atoms with E-state index in [4.69, 9.17) is 0 Å². The van der Waals surface area contributed by atoms with Crippen LogP contribution in [0.25, 0.3) is 11.4 Å². The first-order chi connectivity index (χ1) is 10.2. The summed E-state index contributed by atoms with van der Waals surface area (Å²) in [5.41, 5.74) is 1.17. The zero-order valence-electron chi connectivity index (χ0n) is 11.2. The Balaban J connectivity index is 1.87. The van der Waals surface area contributed by atoms with Crippen LogP contribution in [0.1, 0.15) is 16.8 Å². The minimum Gasteiger partial charge on any atom is -0.394 e. The number of alkyl halides is 1. The highest BCUT2D eigenvalue weighted by molar-refractivity contribution is 5.95. The summed E-state index contributed by atoms with van der Waals surface area (Å²) in [4.78, 5) is 17.9. The van der Waals surface area contributed by atoms with Crippen molar-refractivity contribution in [3.8, 4) is 11.4 Å². The van der Waals surface area contributed by atoms with Gasteiger partial charge in [0.25, 0.3) is 5.91 Å². The number of hydrogen-bond acceptors (Lipinski definition) is 4. The molecule has 2 N–H and O–H groups in total. The van der Waals surface area contributed by atoms with Gasteiger partial charge in [-0.1, -0.05) is 12.1 Å². The Morgan fingerprint density at radius 3 is 3.10 bits per heavy atom.